The molecule has 0 unspecified atom stereocenters. The molecular weight excluding hydrogens is 380 g/mol. The Morgan fingerprint density at radius 3 is 2.47 bits per heavy atom. The summed E-state index contributed by atoms with van der Waals surface area (Å²) < 4.78 is 8.85. The van der Waals surface area contributed by atoms with E-state index in [1.807, 2.05) is 31.2 Å². The number of esters is 1. The van der Waals surface area contributed by atoms with Crippen LogP contribution in [0, 0.1) is 6.57 Å². The molecule has 0 N–H and O–H groups in total. The van der Waals surface area contributed by atoms with Gasteiger partial charge in [-0.2, -0.15) is 0 Å². The molecule has 0 aliphatic carbocycles. The molecule has 2 aromatic heterocycles. The molecule has 0 aliphatic rings. The molecule has 2 heterocycles. The summed E-state index contributed by atoms with van der Waals surface area (Å²) >= 11 is 0. The van der Waals surface area contributed by atoms with Crippen molar-refractivity contribution in [1.82, 2.24) is 24.8 Å². The summed E-state index contributed by atoms with van der Waals surface area (Å²) in [5.74, 6) is 0.278. The molecule has 0 bridgehead atoms. The predicted molar refractivity (Wildman–Crippen MR) is 114 cm³/mol. The van der Waals surface area contributed by atoms with Crippen LogP contribution < -0.4 is 0 Å². The van der Waals surface area contributed by atoms with Crippen molar-refractivity contribution in [2.24, 2.45) is 7.05 Å². The Labute approximate surface area is 176 Å². The zero-order valence-corrected chi connectivity index (χ0v) is 17.8. The van der Waals surface area contributed by atoms with E-state index in [0.29, 0.717) is 29.2 Å². The zero-order chi connectivity index (χ0) is 21.7. The second kappa shape index (κ2) is 9.35. The summed E-state index contributed by atoms with van der Waals surface area (Å²) in [6.45, 7) is 14.6. The summed E-state index contributed by atoms with van der Waals surface area (Å²) in [5.41, 5.74) is 3.99. The average molecular weight is 406 g/mol. The van der Waals surface area contributed by atoms with Crippen molar-refractivity contribution in [3.63, 3.8) is 0 Å². The monoisotopic (exact) mass is 406 g/mol. The standard InChI is InChI=1S/C22H26N6O2/c1-6-9-14-28-21(24-25-26-28)16-12-10-15(11-13-16)18-19(23-4)17(7-2)27(5)20(18)22(29)30-8-3/h10-13H,6-9,14H2,1-3,5H3. The van der Waals surface area contributed by atoms with Crippen LogP contribution in [-0.4, -0.2) is 37.4 Å². The number of carbonyl (C=O) groups excluding carboxylic acids is 1. The molecule has 3 aromatic rings. The zero-order valence-electron chi connectivity index (χ0n) is 17.8. The number of aromatic nitrogens is 5. The van der Waals surface area contributed by atoms with Crippen LogP contribution in [0.15, 0.2) is 24.3 Å². The van der Waals surface area contributed by atoms with Gasteiger partial charge in [-0.3, -0.25) is 0 Å². The largest absolute Gasteiger partial charge is 0.461 e. The summed E-state index contributed by atoms with van der Waals surface area (Å²) in [6.07, 6.45) is 2.70. The van der Waals surface area contributed by atoms with Gasteiger partial charge in [0.25, 0.3) is 0 Å². The molecule has 0 radical (unpaired) electrons. The van der Waals surface area contributed by atoms with Gasteiger partial charge in [0.1, 0.15) is 5.69 Å². The molecule has 0 atom stereocenters. The quantitative estimate of drug-likeness (QED) is 0.408. The number of aryl methyl sites for hydroxylation is 1. The van der Waals surface area contributed by atoms with Gasteiger partial charge in [0.05, 0.1) is 13.2 Å². The molecule has 156 valence electrons. The van der Waals surface area contributed by atoms with Crippen LogP contribution in [0.2, 0.25) is 0 Å². The molecule has 30 heavy (non-hydrogen) atoms. The number of nitrogens with zero attached hydrogens (tertiary/aromatic N) is 6. The number of hydrogen-bond donors (Lipinski definition) is 0. The Kier molecular flexibility index (Phi) is 6.62. The van der Waals surface area contributed by atoms with Crippen molar-refractivity contribution in [3.05, 3.63) is 47.1 Å². The smallest absolute Gasteiger partial charge is 0.354 e. The molecule has 0 spiro atoms. The van der Waals surface area contributed by atoms with Crippen molar-refractivity contribution >= 4 is 11.7 Å². The highest BCUT2D eigenvalue weighted by Gasteiger charge is 2.27. The van der Waals surface area contributed by atoms with Gasteiger partial charge in [0.2, 0.25) is 5.69 Å². The summed E-state index contributed by atoms with van der Waals surface area (Å²) in [4.78, 5) is 16.4. The third kappa shape index (κ3) is 3.83. The number of benzene rings is 1. The van der Waals surface area contributed by atoms with E-state index in [2.05, 4.69) is 27.3 Å². The fourth-order valence-corrected chi connectivity index (χ4v) is 3.61. The van der Waals surface area contributed by atoms with Crippen LogP contribution >= 0.6 is 0 Å². The van der Waals surface area contributed by atoms with E-state index >= 15 is 0 Å². The maximum atomic E-state index is 12.7. The van der Waals surface area contributed by atoms with Gasteiger partial charge in [-0.25, -0.2) is 14.3 Å². The molecule has 0 saturated heterocycles. The molecule has 0 fully saturated rings. The number of ether oxygens (including phenoxy) is 1. The fraction of sp³-hybridized carbons (Fsp3) is 0.409. The van der Waals surface area contributed by atoms with Crippen molar-refractivity contribution in [1.29, 1.82) is 0 Å². The molecule has 8 heteroatoms. The topological polar surface area (TPSA) is 79.2 Å². The second-order valence-electron chi connectivity index (χ2n) is 6.92. The van der Waals surface area contributed by atoms with Crippen LogP contribution in [0.25, 0.3) is 27.4 Å². The van der Waals surface area contributed by atoms with Gasteiger partial charge in [-0.05, 0) is 35.8 Å². The molecule has 0 amide bonds. The molecule has 3 rings (SSSR count). The van der Waals surface area contributed by atoms with E-state index in [1.165, 1.54) is 0 Å². The highest BCUT2D eigenvalue weighted by Crippen LogP contribution is 2.40. The second-order valence-corrected chi connectivity index (χ2v) is 6.92. The van der Waals surface area contributed by atoms with Gasteiger partial charge in [-0.1, -0.05) is 44.5 Å². The van der Waals surface area contributed by atoms with Crippen LogP contribution in [-0.2, 0) is 24.8 Å². The van der Waals surface area contributed by atoms with E-state index in [0.717, 1.165) is 36.2 Å². The maximum Gasteiger partial charge on any atom is 0.354 e. The third-order valence-electron chi connectivity index (χ3n) is 5.09. The van der Waals surface area contributed by atoms with Gasteiger partial charge in [0, 0.05) is 30.4 Å². The minimum absolute atomic E-state index is 0.275. The Balaban J connectivity index is 2.08. The van der Waals surface area contributed by atoms with Crippen LogP contribution in [0.4, 0.5) is 5.69 Å². The Hall–Kier alpha value is -3.47. The first-order chi connectivity index (χ1) is 14.6. The summed E-state index contributed by atoms with van der Waals surface area (Å²) in [6, 6.07) is 7.65. The highest BCUT2D eigenvalue weighted by molar-refractivity contribution is 6.01. The van der Waals surface area contributed by atoms with E-state index in [9.17, 15) is 4.79 Å². The van der Waals surface area contributed by atoms with Gasteiger partial charge in [0.15, 0.2) is 5.82 Å². The van der Waals surface area contributed by atoms with Gasteiger partial charge < -0.3 is 9.30 Å². The minimum atomic E-state index is -0.424. The van der Waals surface area contributed by atoms with Crippen LogP contribution in [0.5, 0.6) is 0 Å². The van der Waals surface area contributed by atoms with Crippen LogP contribution in [0.3, 0.4) is 0 Å². The first-order valence-electron chi connectivity index (χ1n) is 10.2. The van der Waals surface area contributed by atoms with Crippen molar-refractivity contribution in [3.8, 4) is 22.5 Å². The van der Waals surface area contributed by atoms with Gasteiger partial charge in [-0.15, -0.1) is 5.10 Å². The van der Waals surface area contributed by atoms with Gasteiger partial charge >= 0.3 is 5.97 Å². The number of unbranched alkanes of at least 4 members (excludes halogenated alkanes) is 1. The molecule has 8 nitrogen and oxygen atoms in total. The third-order valence-corrected chi connectivity index (χ3v) is 5.09. The molecular formula is C22H26N6O2. The number of tetrazole rings is 1. The Morgan fingerprint density at radius 1 is 1.17 bits per heavy atom. The molecule has 0 aliphatic heterocycles. The SMILES string of the molecule is [C-]#[N+]c1c(-c2ccc(-c3nnnn3CCCC)cc2)c(C(=O)OCC)n(C)c1CC. The average Bonchev–Trinajstić information content (AvgIpc) is 3.34. The minimum Gasteiger partial charge on any atom is -0.461 e. The Bertz CT molecular complexity index is 1070. The van der Waals surface area contributed by atoms with E-state index in [4.69, 9.17) is 11.3 Å². The normalized spacial score (nSPS) is 10.8. The summed E-state index contributed by atoms with van der Waals surface area (Å²) in [7, 11) is 1.81. The van der Waals surface area contributed by atoms with E-state index in [-0.39, 0.29) is 6.61 Å². The molecule has 1 aromatic carbocycles. The lowest BCUT2D eigenvalue weighted by atomic mass is 10.0. The van der Waals surface area contributed by atoms with Crippen molar-refractivity contribution in [2.75, 3.05) is 6.61 Å². The van der Waals surface area contributed by atoms with E-state index in [1.54, 1.807) is 23.2 Å². The maximum absolute atomic E-state index is 12.7. The lowest BCUT2D eigenvalue weighted by Crippen LogP contribution is -2.12. The number of carbonyl (C=O) groups is 1. The number of rotatable bonds is 8. The van der Waals surface area contributed by atoms with Crippen molar-refractivity contribution in [2.45, 2.75) is 46.6 Å². The lowest BCUT2D eigenvalue weighted by Gasteiger charge is -2.09. The predicted octanol–water partition coefficient (Wildman–Crippen LogP) is 4.44. The van der Waals surface area contributed by atoms with Crippen LogP contribution in [0.1, 0.15) is 49.8 Å². The van der Waals surface area contributed by atoms with Crippen molar-refractivity contribution < 1.29 is 9.53 Å². The first kappa shape index (κ1) is 21.2. The molecule has 0 saturated carbocycles. The highest BCUT2D eigenvalue weighted by atomic mass is 16.5. The Morgan fingerprint density at radius 2 is 1.87 bits per heavy atom. The summed E-state index contributed by atoms with van der Waals surface area (Å²) in [5, 5.41) is 12.0. The number of hydrogen-bond acceptors (Lipinski definition) is 5. The lowest BCUT2D eigenvalue weighted by molar-refractivity contribution is 0.0516. The van der Waals surface area contributed by atoms with E-state index < -0.39 is 5.97 Å². The first-order valence-corrected chi connectivity index (χ1v) is 10.2. The fourth-order valence-electron chi connectivity index (χ4n) is 3.61.